The number of ether oxygens (including phenoxy) is 1. The first-order valence-electron chi connectivity index (χ1n) is 13.6. The fraction of sp³-hybridized carbons (Fsp3) is 0.406. The molecule has 0 bridgehead atoms. The number of amides is 1. The Labute approximate surface area is 234 Å². The van der Waals surface area contributed by atoms with Crippen LogP contribution >= 0.6 is 0 Å². The van der Waals surface area contributed by atoms with E-state index in [1.54, 1.807) is 18.2 Å². The predicted octanol–water partition coefficient (Wildman–Crippen LogP) is 6.74. The highest BCUT2D eigenvalue weighted by Gasteiger charge is 2.38. The number of carbonyl (C=O) groups excluding carboxylic acids is 1. The molecule has 0 spiro atoms. The number of likely N-dealkylation sites (tertiary alicyclic amines) is 1. The van der Waals surface area contributed by atoms with Crippen molar-refractivity contribution >= 4 is 5.91 Å². The lowest BCUT2D eigenvalue weighted by Gasteiger charge is -2.30. The molecule has 3 aromatic rings. The van der Waals surface area contributed by atoms with Gasteiger partial charge in [0.05, 0.1) is 12.7 Å². The molecule has 0 aromatic heterocycles. The number of hydrogen-bond donors (Lipinski definition) is 1. The van der Waals surface area contributed by atoms with Crippen molar-refractivity contribution in [1.82, 2.24) is 9.80 Å². The third-order valence-electron chi connectivity index (χ3n) is 7.44. The Morgan fingerprint density at radius 3 is 2.45 bits per heavy atom. The van der Waals surface area contributed by atoms with Crippen LogP contribution in [0.2, 0.25) is 0 Å². The number of halogens is 3. The van der Waals surface area contributed by atoms with Gasteiger partial charge in [0, 0.05) is 44.2 Å². The van der Waals surface area contributed by atoms with Crippen LogP contribution in [-0.2, 0) is 12.7 Å². The van der Waals surface area contributed by atoms with Crippen LogP contribution < -0.4 is 4.74 Å². The first-order valence-corrected chi connectivity index (χ1v) is 13.6. The monoisotopic (exact) mass is 554 g/mol. The molecule has 8 heteroatoms. The van der Waals surface area contributed by atoms with E-state index in [2.05, 4.69) is 18.7 Å². The van der Waals surface area contributed by atoms with Gasteiger partial charge in [0.1, 0.15) is 0 Å². The van der Waals surface area contributed by atoms with Gasteiger partial charge in [-0.3, -0.25) is 9.69 Å². The maximum Gasteiger partial charge on any atom is 0.416 e. The second kappa shape index (κ2) is 12.3. The minimum Gasteiger partial charge on any atom is -0.504 e. The summed E-state index contributed by atoms with van der Waals surface area (Å²) >= 11 is 0. The molecule has 1 aliphatic heterocycles. The molecule has 3 aromatic carbocycles. The van der Waals surface area contributed by atoms with Crippen LogP contribution in [0.15, 0.2) is 66.7 Å². The summed E-state index contributed by atoms with van der Waals surface area (Å²) in [4.78, 5) is 17.7. The van der Waals surface area contributed by atoms with Crippen molar-refractivity contribution in [2.45, 2.75) is 39.4 Å². The Morgan fingerprint density at radius 2 is 1.80 bits per heavy atom. The van der Waals surface area contributed by atoms with Crippen molar-refractivity contribution in [3.63, 3.8) is 0 Å². The zero-order valence-corrected chi connectivity index (χ0v) is 23.4. The molecular formula is C32H37F3N2O3. The van der Waals surface area contributed by atoms with Gasteiger partial charge in [0.2, 0.25) is 0 Å². The quantitative estimate of drug-likeness (QED) is 0.318. The van der Waals surface area contributed by atoms with Gasteiger partial charge in [-0.1, -0.05) is 55.8 Å². The molecule has 214 valence electrons. The predicted molar refractivity (Wildman–Crippen MR) is 150 cm³/mol. The normalized spacial score (nSPS) is 17.8. The molecule has 1 heterocycles. The Hall–Kier alpha value is -3.52. The van der Waals surface area contributed by atoms with Crippen molar-refractivity contribution in [2.75, 3.05) is 33.3 Å². The number of hydrogen-bond acceptors (Lipinski definition) is 4. The van der Waals surface area contributed by atoms with Gasteiger partial charge in [-0.25, -0.2) is 0 Å². The molecule has 0 saturated carbocycles. The van der Waals surface area contributed by atoms with Crippen LogP contribution in [0, 0.1) is 18.8 Å². The molecule has 1 aliphatic rings. The average molecular weight is 555 g/mol. The van der Waals surface area contributed by atoms with Crippen LogP contribution in [0.4, 0.5) is 13.2 Å². The number of aromatic hydroxyl groups is 1. The number of benzene rings is 3. The van der Waals surface area contributed by atoms with Crippen LogP contribution in [0.1, 0.15) is 52.4 Å². The Kier molecular flexibility index (Phi) is 9.08. The molecular weight excluding hydrogens is 517 g/mol. The van der Waals surface area contributed by atoms with Crippen LogP contribution in [0.3, 0.4) is 0 Å². The number of phenols is 1. The molecule has 1 fully saturated rings. The van der Waals surface area contributed by atoms with E-state index in [0.29, 0.717) is 49.6 Å². The summed E-state index contributed by atoms with van der Waals surface area (Å²) in [6.45, 7) is 8.76. The third-order valence-corrected chi connectivity index (χ3v) is 7.44. The molecule has 1 saturated heterocycles. The molecule has 40 heavy (non-hydrogen) atoms. The number of aryl methyl sites for hydroxylation is 1. The zero-order chi connectivity index (χ0) is 29.0. The Morgan fingerprint density at radius 1 is 1.07 bits per heavy atom. The number of nitrogens with zero attached hydrogens (tertiary/aromatic N) is 2. The van der Waals surface area contributed by atoms with Crippen LogP contribution in [0.25, 0.3) is 0 Å². The lowest BCUT2D eigenvalue weighted by molar-refractivity contribution is -0.137. The van der Waals surface area contributed by atoms with Crippen LogP contribution in [0.5, 0.6) is 11.5 Å². The number of phenolic OH excluding ortho intramolecular Hbond substituents is 1. The molecule has 1 amide bonds. The fourth-order valence-electron chi connectivity index (χ4n) is 5.52. The smallest absolute Gasteiger partial charge is 0.416 e. The first-order chi connectivity index (χ1) is 18.9. The lowest BCUT2D eigenvalue weighted by atomic mass is 9.87. The number of carbonyl (C=O) groups is 1. The topological polar surface area (TPSA) is 53.0 Å². The summed E-state index contributed by atoms with van der Waals surface area (Å²) in [5, 5.41) is 9.98. The first kappa shape index (κ1) is 29.5. The van der Waals surface area contributed by atoms with Crippen molar-refractivity contribution in [1.29, 1.82) is 0 Å². The largest absolute Gasteiger partial charge is 0.504 e. The lowest BCUT2D eigenvalue weighted by Crippen LogP contribution is -2.39. The van der Waals surface area contributed by atoms with E-state index in [1.807, 2.05) is 42.2 Å². The van der Waals surface area contributed by atoms with Gasteiger partial charge in [-0.2, -0.15) is 13.2 Å². The summed E-state index contributed by atoms with van der Waals surface area (Å²) in [5.74, 6) is 0.305. The van der Waals surface area contributed by atoms with E-state index in [0.717, 1.165) is 17.2 Å². The summed E-state index contributed by atoms with van der Waals surface area (Å²) in [5.41, 5.74) is 2.55. The number of methoxy groups -OCH3 is 1. The van der Waals surface area contributed by atoms with E-state index in [-0.39, 0.29) is 29.4 Å². The zero-order valence-electron chi connectivity index (χ0n) is 23.4. The molecule has 2 unspecified atom stereocenters. The molecule has 5 nitrogen and oxygen atoms in total. The summed E-state index contributed by atoms with van der Waals surface area (Å²) in [6.07, 6.45) is -4.43. The highest BCUT2D eigenvalue weighted by atomic mass is 19.4. The second-order valence-corrected chi connectivity index (χ2v) is 11.2. The summed E-state index contributed by atoms with van der Waals surface area (Å²) in [7, 11) is 1.49. The van der Waals surface area contributed by atoms with Gasteiger partial charge < -0.3 is 14.7 Å². The highest BCUT2D eigenvalue weighted by Crippen LogP contribution is 2.38. The number of alkyl halides is 3. The second-order valence-electron chi connectivity index (χ2n) is 11.2. The van der Waals surface area contributed by atoms with Gasteiger partial charge in [-0.05, 0) is 60.2 Å². The highest BCUT2D eigenvalue weighted by molar-refractivity contribution is 5.94. The average Bonchev–Trinajstić information content (AvgIpc) is 3.30. The molecule has 2 atom stereocenters. The molecule has 1 N–H and O–H groups in total. The van der Waals surface area contributed by atoms with Crippen molar-refractivity contribution in [3.8, 4) is 11.5 Å². The number of rotatable bonds is 9. The standard InChI is InChI=1S/C32H37F3N2O3/c1-21(2)16-37(31(39)24-11-8-22(3)9-12-24)19-26-18-36(17-23-10-13-29(38)30(14-23)40-4)20-28(26)25-6-5-7-27(15-25)32(33,34)35/h5-15,21,26,28,38H,16-20H2,1-4H3. The Bertz CT molecular complexity index is 1310. The SMILES string of the molecule is COc1cc(CN2CC(CN(CC(C)C)C(=O)c3ccc(C)cc3)C(c3cccc(C(F)(F)F)c3)C2)ccc1O. The van der Waals surface area contributed by atoms with Crippen molar-refractivity contribution in [3.05, 3.63) is 94.5 Å². The van der Waals surface area contributed by atoms with Crippen molar-refractivity contribution in [2.24, 2.45) is 11.8 Å². The molecule has 4 rings (SSSR count). The van der Waals surface area contributed by atoms with Crippen LogP contribution in [-0.4, -0.2) is 54.1 Å². The van der Waals surface area contributed by atoms with Gasteiger partial charge >= 0.3 is 6.18 Å². The molecule has 0 radical (unpaired) electrons. The summed E-state index contributed by atoms with van der Waals surface area (Å²) < 4.78 is 46.1. The third kappa shape index (κ3) is 7.16. The minimum absolute atomic E-state index is 0.0475. The van der Waals surface area contributed by atoms with E-state index < -0.39 is 11.7 Å². The van der Waals surface area contributed by atoms with E-state index in [4.69, 9.17) is 4.74 Å². The minimum atomic E-state index is -4.43. The van der Waals surface area contributed by atoms with Gasteiger partial charge in [0.15, 0.2) is 11.5 Å². The van der Waals surface area contributed by atoms with E-state index in [9.17, 15) is 23.1 Å². The fourth-order valence-corrected chi connectivity index (χ4v) is 5.52. The summed E-state index contributed by atoms with van der Waals surface area (Å²) in [6, 6.07) is 18.2. The van der Waals surface area contributed by atoms with Crippen molar-refractivity contribution < 1.29 is 27.8 Å². The maximum atomic E-state index is 13.6. The van der Waals surface area contributed by atoms with E-state index in [1.165, 1.54) is 19.2 Å². The Balaban J connectivity index is 1.64. The van der Waals surface area contributed by atoms with E-state index >= 15 is 0 Å². The van der Waals surface area contributed by atoms with Gasteiger partial charge in [0.25, 0.3) is 5.91 Å². The van der Waals surface area contributed by atoms with Gasteiger partial charge in [-0.15, -0.1) is 0 Å². The maximum absolute atomic E-state index is 13.6. The molecule has 0 aliphatic carbocycles.